The van der Waals surface area contributed by atoms with Crippen molar-refractivity contribution in [3.63, 3.8) is 0 Å². The van der Waals surface area contributed by atoms with Crippen molar-refractivity contribution in [1.82, 2.24) is 0 Å². The van der Waals surface area contributed by atoms with Gasteiger partial charge in [0.15, 0.2) is 0 Å². The molecule has 2 atom stereocenters. The highest BCUT2D eigenvalue weighted by molar-refractivity contribution is 5.34. The zero-order chi connectivity index (χ0) is 17.4. The molecule has 0 aromatic heterocycles. The second kappa shape index (κ2) is 9.36. The van der Waals surface area contributed by atoms with Crippen LogP contribution in [-0.2, 0) is 12.8 Å². The Balaban J connectivity index is 1.99. The Bertz CT molecular complexity index is 621. The fourth-order valence-corrected chi connectivity index (χ4v) is 3.48. The van der Waals surface area contributed by atoms with Gasteiger partial charge in [-0.2, -0.15) is 0 Å². The largest absolute Gasteiger partial charge is 0.496 e. The first-order chi connectivity index (χ1) is 11.7. The van der Waals surface area contributed by atoms with E-state index in [1.54, 1.807) is 14.2 Å². The van der Waals surface area contributed by atoms with Crippen molar-refractivity contribution in [2.24, 2.45) is 11.8 Å². The zero-order valence-electron chi connectivity index (χ0n) is 15.4. The van der Waals surface area contributed by atoms with Gasteiger partial charge in [-0.05, 0) is 54.4 Å². The average molecular weight is 326 g/mol. The van der Waals surface area contributed by atoms with Crippen LogP contribution >= 0.6 is 0 Å². The van der Waals surface area contributed by atoms with Crippen LogP contribution < -0.4 is 9.47 Å². The van der Waals surface area contributed by atoms with E-state index in [0.717, 1.165) is 24.3 Å². The SMILES string of the molecule is CCC(Cc1ccccc1OC)C[C@@H](C)Cc1ccccc1OC. The molecule has 0 aliphatic carbocycles. The highest BCUT2D eigenvalue weighted by Crippen LogP contribution is 2.29. The van der Waals surface area contributed by atoms with Crippen molar-refractivity contribution in [3.8, 4) is 11.5 Å². The van der Waals surface area contributed by atoms with Gasteiger partial charge in [0, 0.05) is 0 Å². The Hall–Kier alpha value is -1.96. The maximum Gasteiger partial charge on any atom is 0.122 e. The number of ether oxygens (including phenoxy) is 2. The lowest BCUT2D eigenvalue weighted by Gasteiger charge is -2.21. The smallest absolute Gasteiger partial charge is 0.122 e. The van der Waals surface area contributed by atoms with Crippen molar-refractivity contribution < 1.29 is 9.47 Å². The number of methoxy groups -OCH3 is 2. The lowest BCUT2D eigenvalue weighted by atomic mass is 9.85. The van der Waals surface area contributed by atoms with Crippen LogP contribution in [-0.4, -0.2) is 14.2 Å². The topological polar surface area (TPSA) is 18.5 Å². The van der Waals surface area contributed by atoms with Crippen molar-refractivity contribution >= 4 is 0 Å². The molecule has 1 unspecified atom stereocenters. The van der Waals surface area contributed by atoms with E-state index in [2.05, 4.69) is 44.2 Å². The van der Waals surface area contributed by atoms with Crippen molar-refractivity contribution in [1.29, 1.82) is 0 Å². The second-order valence-electron chi connectivity index (χ2n) is 6.65. The average Bonchev–Trinajstić information content (AvgIpc) is 2.62. The van der Waals surface area contributed by atoms with E-state index in [-0.39, 0.29) is 0 Å². The highest BCUT2D eigenvalue weighted by Gasteiger charge is 2.16. The third-order valence-corrected chi connectivity index (χ3v) is 4.78. The van der Waals surface area contributed by atoms with Crippen LogP contribution in [0.5, 0.6) is 11.5 Å². The van der Waals surface area contributed by atoms with Gasteiger partial charge in [0.25, 0.3) is 0 Å². The van der Waals surface area contributed by atoms with Crippen LogP contribution in [0.15, 0.2) is 48.5 Å². The van der Waals surface area contributed by atoms with Crippen LogP contribution in [0.3, 0.4) is 0 Å². The number of rotatable bonds is 9. The van der Waals surface area contributed by atoms with Crippen LogP contribution in [0.25, 0.3) is 0 Å². The molecule has 0 saturated carbocycles. The van der Waals surface area contributed by atoms with Gasteiger partial charge in [0.1, 0.15) is 11.5 Å². The number of hydrogen-bond acceptors (Lipinski definition) is 2. The molecule has 2 aromatic carbocycles. The lowest BCUT2D eigenvalue weighted by molar-refractivity contribution is 0.359. The predicted octanol–water partition coefficient (Wildman–Crippen LogP) is 5.54. The van der Waals surface area contributed by atoms with Gasteiger partial charge in [0.05, 0.1) is 14.2 Å². The number of hydrogen-bond donors (Lipinski definition) is 0. The van der Waals surface area contributed by atoms with Crippen molar-refractivity contribution in [2.75, 3.05) is 14.2 Å². The summed E-state index contributed by atoms with van der Waals surface area (Å²) in [4.78, 5) is 0. The predicted molar refractivity (Wildman–Crippen MR) is 101 cm³/mol. The fourth-order valence-electron chi connectivity index (χ4n) is 3.48. The van der Waals surface area contributed by atoms with Gasteiger partial charge in [-0.15, -0.1) is 0 Å². The summed E-state index contributed by atoms with van der Waals surface area (Å²) in [6.45, 7) is 4.63. The third-order valence-electron chi connectivity index (χ3n) is 4.78. The summed E-state index contributed by atoms with van der Waals surface area (Å²) in [7, 11) is 3.50. The van der Waals surface area contributed by atoms with Crippen molar-refractivity contribution in [3.05, 3.63) is 59.7 Å². The van der Waals surface area contributed by atoms with Gasteiger partial charge in [-0.1, -0.05) is 56.7 Å². The summed E-state index contributed by atoms with van der Waals surface area (Å²) in [5.74, 6) is 3.31. The maximum absolute atomic E-state index is 5.51. The lowest BCUT2D eigenvalue weighted by Crippen LogP contribution is -2.12. The summed E-state index contributed by atoms with van der Waals surface area (Å²) in [6.07, 6.45) is 4.55. The van der Waals surface area contributed by atoms with E-state index < -0.39 is 0 Å². The molecule has 0 bridgehead atoms. The first kappa shape index (κ1) is 18.4. The van der Waals surface area contributed by atoms with Gasteiger partial charge in [-0.25, -0.2) is 0 Å². The minimum Gasteiger partial charge on any atom is -0.496 e. The van der Waals surface area contributed by atoms with E-state index in [9.17, 15) is 0 Å². The molecule has 2 heteroatoms. The maximum atomic E-state index is 5.51. The van der Waals surface area contributed by atoms with Crippen LogP contribution in [0.1, 0.15) is 37.8 Å². The summed E-state index contributed by atoms with van der Waals surface area (Å²) >= 11 is 0. The first-order valence-corrected chi connectivity index (χ1v) is 8.91. The van der Waals surface area contributed by atoms with E-state index in [4.69, 9.17) is 9.47 Å². The molecule has 0 fully saturated rings. The minimum absolute atomic E-state index is 0.626. The summed E-state index contributed by atoms with van der Waals surface area (Å²) in [6, 6.07) is 16.7. The molecule has 0 amide bonds. The monoisotopic (exact) mass is 326 g/mol. The van der Waals surface area contributed by atoms with Crippen LogP contribution in [0.4, 0.5) is 0 Å². The summed E-state index contributed by atoms with van der Waals surface area (Å²) in [5.41, 5.74) is 2.62. The third kappa shape index (κ3) is 5.02. The number of para-hydroxylation sites is 2. The molecule has 0 aliphatic heterocycles. The summed E-state index contributed by atoms with van der Waals surface area (Å²) in [5, 5.41) is 0. The van der Waals surface area contributed by atoms with Gasteiger partial charge in [-0.3, -0.25) is 0 Å². The molecule has 0 N–H and O–H groups in total. The summed E-state index contributed by atoms with van der Waals surface area (Å²) < 4.78 is 11.0. The van der Waals surface area contributed by atoms with Gasteiger partial charge < -0.3 is 9.47 Å². The van der Waals surface area contributed by atoms with Gasteiger partial charge in [0.2, 0.25) is 0 Å². The van der Waals surface area contributed by atoms with E-state index in [0.29, 0.717) is 11.8 Å². The van der Waals surface area contributed by atoms with E-state index >= 15 is 0 Å². The second-order valence-corrected chi connectivity index (χ2v) is 6.65. The molecular weight excluding hydrogens is 296 g/mol. The van der Waals surface area contributed by atoms with Gasteiger partial charge >= 0.3 is 0 Å². The molecule has 24 heavy (non-hydrogen) atoms. The Labute approximate surface area is 146 Å². The molecule has 2 nitrogen and oxygen atoms in total. The Morgan fingerprint density at radius 3 is 1.79 bits per heavy atom. The normalized spacial score (nSPS) is 13.3. The molecule has 0 heterocycles. The number of benzene rings is 2. The quantitative estimate of drug-likeness (QED) is 0.602. The molecule has 0 saturated heterocycles. The van der Waals surface area contributed by atoms with E-state index in [1.165, 1.54) is 24.0 Å². The molecular formula is C22H30O2. The Morgan fingerprint density at radius 1 is 0.792 bits per heavy atom. The van der Waals surface area contributed by atoms with Crippen LogP contribution in [0, 0.1) is 11.8 Å². The fraction of sp³-hybridized carbons (Fsp3) is 0.455. The Kier molecular flexibility index (Phi) is 7.17. The molecule has 0 radical (unpaired) electrons. The molecule has 0 aliphatic rings. The van der Waals surface area contributed by atoms with Crippen molar-refractivity contribution in [2.45, 2.75) is 39.5 Å². The highest BCUT2D eigenvalue weighted by atomic mass is 16.5. The first-order valence-electron chi connectivity index (χ1n) is 8.91. The molecule has 130 valence electrons. The molecule has 0 spiro atoms. The molecule has 2 rings (SSSR count). The standard InChI is InChI=1S/C22H30O2/c1-5-18(16-20-11-7-9-13-22(20)24-4)14-17(2)15-19-10-6-8-12-21(19)23-3/h6-13,17-18H,5,14-16H2,1-4H3/t17-,18?/m1/s1. The Morgan fingerprint density at radius 2 is 1.29 bits per heavy atom. The van der Waals surface area contributed by atoms with Crippen LogP contribution in [0.2, 0.25) is 0 Å². The zero-order valence-corrected chi connectivity index (χ0v) is 15.4. The molecule has 2 aromatic rings. The van der Waals surface area contributed by atoms with E-state index in [1.807, 2.05) is 18.2 Å². The minimum atomic E-state index is 0.626.